The minimum absolute atomic E-state index is 0.0631. The van der Waals surface area contributed by atoms with Crippen LogP contribution in [0.4, 0.5) is 0 Å². The summed E-state index contributed by atoms with van der Waals surface area (Å²) >= 11 is 0. The van der Waals surface area contributed by atoms with Crippen molar-refractivity contribution in [1.29, 1.82) is 0 Å². The van der Waals surface area contributed by atoms with Crippen LogP contribution >= 0.6 is 0 Å². The molecule has 0 fully saturated rings. The lowest BCUT2D eigenvalue weighted by Crippen LogP contribution is -1.94. The molecule has 86 valence electrons. The van der Waals surface area contributed by atoms with Crippen molar-refractivity contribution in [2.75, 3.05) is 14.2 Å². The van der Waals surface area contributed by atoms with Crippen molar-refractivity contribution < 1.29 is 24.5 Å². The van der Waals surface area contributed by atoms with E-state index in [0.717, 1.165) is 6.08 Å². The van der Waals surface area contributed by atoms with Crippen LogP contribution in [0, 0.1) is 0 Å². The van der Waals surface area contributed by atoms with E-state index in [1.807, 2.05) is 0 Å². The molecule has 0 amide bonds. The smallest absolute Gasteiger partial charge is 0.328 e. The highest BCUT2D eigenvalue weighted by molar-refractivity contribution is 5.86. The molecule has 5 nitrogen and oxygen atoms in total. The van der Waals surface area contributed by atoms with Crippen molar-refractivity contribution in [3.8, 4) is 17.2 Å². The molecule has 0 heterocycles. The molecule has 0 saturated heterocycles. The highest BCUT2D eigenvalue weighted by atomic mass is 16.5. The summed E-state index contributed by atoms with van der Waals surface area (Å²) in [6.45, 7) is 0. The maximum absolute atomic E-state index is 10.4. The van der Waals surface area contributed by atoms with Gasteiger partial charge in [0, 0.05) is 11.6 Å². The Labute approximate surface area is 92.5 Å². The van der Waals surface area contributed by atoms with Crippen molar-refractivity contribution in [1.82, 2.24) is 0 Å². The molecule has 1 aromatic rings. The van der Waals surface area contributed by atoms with Gasteiger partial charge in [-0.1, -0.05) is 0 Å². The summed E-state index contributed by atoms with van der Waals surface area (Å²) in [5, 5.41) is 18.0. The molecule has 0 aliphatic carbocycles. The van der Waals surface area contributed by atoms with Gasteiger partial charge in [0.25, 0.3) is 0 Å². The van der Waals surface area contributed by atoms with Gasteiger partial charge >= 0.3 is 5.97 Å². The number of phenols is 1. The van der Waals surface area contributed by atoms with Gasteiger partial charge in [0.15, 0.2) is 11.5 Å². The Bertz CT molecular complexity index is 423. The Morgan fingerprint density at radius 1 is 1.25 bits per heavy atom. The number of rotatable bonds is 4. The Kier molecular flexibility index (Phi) is 3.77. The lowest BCUT2D eigenvalue weighted by atomic mass is 10.1. The molecule has 0 unspecified atom stereocenters. The Morgan fingerprint density at radius 2 is 1.88 bits per heavy atom. The van der Waals surface area contributed by atoms with Crippen LogP contribution < -0.4 is 9.47 Å². The zero-order valence-electron chi connectivity index (χ0n) is 8.93. The van der Waals surface area contributed by atoms with Crippen molar-refractivity contribution in [3.63, 3.8) is 0 Å². The largest absolute Gasteiger partial charge is 0.504 e. The third-order valence-electron chi connectivity index (χ3n) is 1.94. The normalized spacial score (nSPS) is 10.4. The maximum atomic E-state index is 10.4. The van der Waals surface area contributed by atoms with Crippen LogP contribution in [-0.2, 0) is 4.79 Å². The minimum Gasteiger partial charge on any atom is -0.504 e. The third-order valence-corrected chi connectivity index (χ3v) is 1.94. The molecular weight excluding hydrogens is 212 g/mol. The number of aromatic hydroxyl groups is 1. The summed E-state index contributed by atoms with van der Waals surface area (Å²) in [7, 11) is 2.80. The fourth-order valence-electron chi connectivity index (χ4n) is 1.27. The zero-order chi connectivity index (χ0) is 12.1. The quantitative estimate of drug-likeness (QED) is 0.758. The number of carboxylic acids is 1. The highest BCUT2D eigenvalue weighted by Crippen LogP contribution is 2.39. The molecule has 0 saturated carbocycles. The van der Waals surface area contributed by atoms with Crippen LogP contribution in [0.15, 0.2) is 18.2 Å². The van der Waals surface area contributed by atoms with E-state index < -0.39 is 5.97 Å². The molecule has 16 heavy (non-hydrogen) atoms. The Hall–Kier alpha value is -2.17. The number of carboxylic acid groups (broad SMARTS) is 1. The van der Waals surface area contributed by atoms with Gasteiger partial charge in [-0.3, -0.25) is 0 Å². The first kappa shape index (κ1) is 11.9. The van der Waals surface area contributed by atoms with Crippen molar-refractivity contribution in [3.05, 3.63) is 23.8 Å². The molecule has 2 N–H and O–H groups in total. The van der Waals surface area contributed by atoms with Gasteiger partial charge in [-0.25, -0.2) is 4.79 Å². The maximum Gasteiger partial charge on any atom is 0.328 e. The van der Waals surface area contributed by atoms with Crippen LogP contribution in [0.2, 0.25) is 0 Å². The van der Waals surface area contributed by atoms with E-state index in [1.54, 1.807) is 0 Å². The molecule has 1 rings (SSSR count). The highest BCUT2D eigenvalue weighted by Gasteiger charge is 2.12. The molecule has 0 radical (unpaired) electrons. The number of benzene rings is 1. The second-order valence-corrected chi connectivity index (χ2v) is 2.91. The lowest BCUT2D eigenvalue weighted by Gasteiger charge is -2.11. The minimum atomic E-state index is -1.06. The summed E-state index contributed by atoms with van der Waals surface area (Å²) in [5.41, 5.74) is 0.513. The first-order chi connectivity index (χ1) is 7.60. The number of carbonyl (C=O) groups is 1. The Morgan fingerprint density at radius 3 is 2.38 bits per heavy atom. The molecule has 1 aromatic carbocycles. The average Bonchev–Trinajstić information content (AvgIpc) is 2.26. The number of methoxy groups -OCH3 is 2. The fraction of sp³-hybridized carbons (Fsp3) is 0.182. The molecule has 0 aliphatic rings. The average molecular weight is 224 g/mol. The van der Waals surface area contributed by atoms with Gasteiger partial charge in [-0.2, -0.15) is 0 Å². The van der Waals surface area contributed by atoms with E-state index >= 15 is 0 Å². The number of aliphatic carboxylic acids is 1. The van der Waals surface area contributed by atoms with Crippen molar-refractivity contribution in [2.45, 2.75) is 0 Å². The summed E-state index contributed by atoms with van der Waals surface area (Å²) < 4.78 is 10.0. The molecule has 0 aliphatic heterocycles. The number of hydrogen-bond acceptors (Lipinski definition) is 4. The second kappa shape index (κ2) is 5.06. The fourth-order valence-corrected chi connectivity index (χ4v) is 1.27. The number of ether oxygens (including phenoxy) is 2. The summed E-state index contributed by atoms with van der Waals surface area (Å²) in [4.78, 5) is 10.4. The van der Waals surface area contributed by atoms with Crippen LogP contribution in [0.1, 0.15) is 5.56 Å². The van der Waals surface area contributed by atoms with E-state index in [1.165, 1.54) is 32.4 Å². The topological polar surface area (TPSA) is 76.0 Å². The van der Waals surface area contributed by atoms with E-state index in [2.05, 4.69) is 0 Å². The van der Waals surface area contributed by atoms with E-state index in [0.29, 0.717) is 11.3 Å². The first-order valence-electron chi connectivity index (χ1n) is 4.45. The van der Waals surface area contributed by atoms with Gasteiger partial charge in [-0.15, -0.1) is 0 Å². The predicted molar refractivity (Wildman–Crippen MR) is 57.9 cm³/mol. The SMILES string of the molecule is COc1c(O)ccc(C=CC(=O)O)c1OC. The van der Waals surface area contributed by atoms with Crippen molar-refractivity contribution in [2.24, 2.45) is 0 Å². The van der Waals surface area contributed by atoms with Gasteiger partial charge < -0.3 is 19.7 Å². The molecule has 0 bridgehead atoms. The van der Waals surface area contributed by atoms with Gasteiger partial charge in [-0.05, 0) is 18.2 Å². The monoisotopic (exact) mass is 224 g/mol. The van der Waals surface area contributed by atoms with Crippen LogP contribution in [0.5, 0.6) is 17.2 Å². The van der Waals surface area contributed by atoms with Gasteiger partial charge in [0.05, 0.1) is 14.2 Å². The van der Waals surface area contributed by atoms with E-state index in [4.69, 9.17) is 14.6 Å². The van der Waals surface area contributed by atoms with E-state index in [9.17, 15) is 9.90 Å². The standard InChI is InChI=1S/C11H12O5/c1-15-10-7(4-6-9(13)14)3-5-8(12)11(10)16-2/h3-6,12H,1-2H3,(H,13,14). The summed E-state index contributed by atoms with van der Waals surface area (Å²) in [5.74, 6) is -0.657. The van der Waals surface area contributed by atoms with Gasteiger partial charge in [0.2, 0.25) is 5.75 Å². The predicted octanol–water partition coefficient (Wildman–Crippen LogP) is 1.51. The molecule has 0 spiro atoms. The molecule has 0 aromatic heterocycles. The molecule has 0 atom stereocenters. The summed E-state index contributed by atoms with van der Waals surface area (Å²) in [6, 6.07) is 2.94. The number of phenolic OH excluding ortho intramolecular Hbond substituents is 1. The van der Waals surface area contributed by atoms with Crippen LogP contribution in [-0.4, -0.2) is 30.4 Å². The van der Waals surface area contributed by atoms with Gasteiger partial charge in [0.1, 0.15) is 0 Å². The molecular formula is C11H12O5. The Balaban J connectivity index is 3.24. The third kappa shape index (κ3) is 2.44. The van der Waals surface area contributed by atoms with E-state index in [-0.39, 0.29) is 11.5 Å². The van der Waals surface area contributed by atoms with Crippen LogP contribution in [0.25, 0.3) is 6.08 Å². The first-order valence-corrected chi connectivity index (χ1v) is 4.45. The van der Waals surface area contributed by atoms with Crippen LogP contribution in [0.3, 0.4) is 0 Å². The lowest BCUT2D eigenvalue weighted by molar-refractivity contribution is -0.131. The number of hydrogen-bond donors (Lipinski definition) is 2. The summed E-state index contributed by atoms with van der Waals surface area (Å²) in [6.07, 6.45) is 2.34. The molecule has 5 heteroatoms. The van der Waals surface area contributed by atoms with Crippen molar-refractivity contribution >= 4 is 12.0 Å². The zero-order valence-corrected chi connectivity index (χ0v) is 8.93. The second-order valence-electron chi connectivity index (χ2n) is 2.91.